The van der Waals surface area contributed by atoms with E-state index >= 15 is 0 Å². The first kappa shape index (κ1) is 14.3. The van der Waals surface area contributed by atoms with E-state index in [9.17, 15) is 0 Å². The van der Waals surface area contributed by atoms with E-state index < -0.39 is 0 Å². The highest BCUT2D eigenvalue weighted by Gasteiger charge is 2.26. The van der Waals surface area contributed by atoms with Crippen molar-refractivity contribution in [2.45, 2.75) is 32.7 Å². The number of fused-ring (bicyclic) bond motifs is 1. The van der Waals surface area contributed by atoms with E-state index in [1.807, 2.05) is 6.20 Å². The molecule has 0 amide bonds. The Kier molecular flexibility index (Phi) is 4.34. The van der Waals surface area contributed by atoms with Gasteiger partial charge in [-0.1, -0.05) is 38.1 Å². The maximum absolute atomic E-state index is 4.43. The van der Waals surface area contributed by atoms with Crippen molar-refractivity contribution < 1.29 is 0 Å². The first-order valence-electron chi connectivity index (χ1n) is 7.93. The molecule has 1 saturated heterocycles. The predicted octanol–water partition coefficient (Wildman–Crippen LogP) is 2.84. The molecule has 1 N–H and O–H groups in total. The van der Waals surface area contributed by atoms with Crippen LogP contribution in [0.4, 0.5) is 5.82 Å². The quantitative estimate of drug-likeness (QED) is 0.916. The average molecular weight is 284 g/mol. The van der Waals surface area contributed by atoms with Crippen molar-refractivity contribution in [2.24, 2.45) is 5.92 Å². The molecule has 0 saturated carbocycles. The van der Waals surface area contributed by atoms with E-state index in [2.05, 4.69) is 58.5 Å². The van der Waals surface area contributed by atoms with Crippen LogP contribution in [0, 0.1) is 5.92 Å². The van der Waals surface area contributed by atoms with Gasteiger partial charge in [0.25, 0.3) is 0 Å². The molecular formula is C17H24N4. The van der Waals surface area contributed by atoms with Crippen LogP contribution in [-0.2, 0) is 0 Å². The van der Waals surface area contributed by atoms with Crippen molar-refractivity contribution in [1.82, 2.24) is 15.5 Å². The SMILES string of the molecule is CC(C)CNCC1CCCN1c1nncc2ccccc12. The summed E-state index contributed by atoms with van der Waals surface area (Å²) < 4.78 is 0. The van der Waals surface area contributed by atoms with Crippen LogP contribution < -0.4 is 10.2 Å². The van der Waals surface area contributed by atoms with Crippen LogP contribution in [0.2, 0.25) is 0 Å². The average Bonchev–Trinajstić information content (AvgIpc) is 2.94. The Balaban J connectivity index is 1.80. The molecule has 0 aliphatic carbocycles. The third-order valence-corrected chi connectivity index (χ3v) is 4.13. The molecule has 1 aliphatic heterocycles. The van der Waals surface area contributed by atoms with Gasteiger partial charge < -0.3 is 10.2 Å². The fourth-order valence-corrected chi connectivity index (χ4v) is 3.09. The minimum Gasteiger partial charge on any atom is -0.350 e. The minimum absolute atomic E-state index is 0.531. The van der Waals surface area contributed by atoms with Gasteiger partial charge >= 0.3 is 0 Å². The molecule has 112 valence electrons. The molecule has 1 unspecified atom stereocenters. The molecule has 0 bridgehead atoms. The monoisotopic (exact) mass is 284 g/mol. The van der Waals surface area contributed by atoms with Crippen LogP contribution in [0.1, 0.15) is 26.7 Å². The van der Waals surface area contributed by atoms with Crippen LogP contribution >= 0.6 is 0 Å². The Morgan fingerprint density at radius 3 is 3.05 bits per heavy atom. The molecule has 1 atom stereocenters. The second-order valence-electron chi connectivity index (χ2n) is 6.30. The van der Waals surface area contributed by atoms with Crippen molar-refractivity contribution in [3.8, 4) is 0 Å². The zero-order valence-corrected chi connectivity index (χ0v) is 12.9. The van der Waals surface area contributed by atoms with Crippen LogP contribution in [-0.4, -0.2) is 35.9 Å². The van der Waals surface area contributed by atoms with Crippen molar-refractivity contribution in [3.63, 3.8) is 0 Å². The van der Waals surface area contributed by atoms with Gasteiger partial charge in [-0.05, 0) is 25.3 Å². The lowest BCUT2D eigenvalue weighted by Crippen LogP contribution is -2.39. The lowest BCUT2D eigenvalue weighted by Gasteiger charge is -2.27. The number of anilines is 1. The predicted molar refractivity (Wildman–Crippen MR) is 87.6 cm³/mol. The molecule has 1 fully saturated rings. The van der Waals surface area contributed by atoms with Crippen molar-refractivity contribution in [2.75, 3.05) is 24.5 Å². The van der Waals surface area contributed by atoms with Crippen LogP contribution in [0.3, 0.4) is 0 Å². The van der Waals surface area contributed by atoms with Gasteiger partial charge in [-0.25, -0.2) is 0 Å². The van der Waals surface area contributed by atoms with Crippen molar-refractivity contribution in [3.05, 3.63) is 30.5 Å². The molecule has 1 aromatic carbocycles. The summed E-state index contributed by atoms with van der Waals surface area (Å²) in [4.78, 5) is 2.43. The van der Waals surface area contributed by atoms with Gasteiger partial charge in [0.2, 0.25) is 0 Å². The molecule has 3 rings (SSSR count). The highest BCUT2D eigenvalue weighted by Crippen LogP contribution is 2.29. The Hall–Kier alpha value is -1.68. The molecule has 2 aromatic rings. The summed E-state index contributed by atoms with van der Waals surface area (Å²) in [5.41, 5.74) is 0. The second kappa shape index (κ2) is 6.39. The highest BCUT2D eigenvalue weighted by molar-refractivity contribution is 5.91. The number of nitrogens with zero attached hydrogens (tertiary/aromatic N) is 3. The fourth-order valence-electron chi connectivity index (χ4n) is 3.09. The smallest absolute Gasteiger partial charge is 0.159 e. The van der Waals surface area contributed by atoms with E-state index in [1.165, 1.54) is 23.6 Å². The lowest BCUT2D eigenvalue weighted by molar-refractivity contribution is 0.511. The van der Waals surface area contributed by atoms with Crippen molar-refractivity contribution in [1.29, 1.82) is 0 Å². The summed E-state index contributed by atoms with van der Waals surface area (Å²) in [7, 11) is 0. The van der Waals surface area contributed by atoms with Gasteiger partial charge in [0.15, 0.2) is 5.82 Å². The summed E-state index contributed by atoms with van der Waals surface area (Å²) in [5, 5.41) is 14.6. The number of hydrogen-bond donors (Lipinski definition) is 1. The van der Waals surface area contributed by atoms with Gasteiger partial charge in [-0.2, -0.15) is 5.10 Å². The van der Waals surface area contributed by atoms with E-state index in [0.717, 1.165) is 25.5 Å². The van der Waals surface area contributed by atoms with Gasteiger partial charge in [-0.15, -0.1) is 5.10 Å². The summed E-state index contributed by atoms with van der Waals surface area (Å²) in [6.07, 6.45) is 4.32. The zero-order valence-electron chi connectivity index (χ0n) is 12.9. The van der Waals surface area contributed by atoms with Gasteiger partial charge in [0, 0.05) is 29.9 Å². The van der Waals surface area contributed by atoms with Gasteiger partial charge in [0.05, 0.1) is 6.20 Å². The molecule has 4 nitrogen and oxygen atoms in total. The first-order chi connectivity index (χ1) is 10.3. The highest BCUT2D eigenvalue weighted by atomic mass is 15.3. The summed E-state index contributed by atoms with van der Waals surface area (Å²) in [6, 6.07) is 8.92. The summed E-state index contributed by atoms with van der Waals surface area (Å²) >= 11 is 0. The number of hydrogen-bond acceptors (Lipinski definition) is 4. The summed E-state index contributed by atoms with van der Waals surface area (Å²) in [5.74, 6) is 1.74. The minimum atomic E-state index is 0.531. The third-order valence-electron chi connectivity index (χ3n) is 4.13. The van der Waals surface area contributed by atoms with Gasteiger partial charge in [0.1, 0.15) is 0 Å². The maximum Gasteiger partial charge on any atom is 0.159 e. The number of aromatic nitrogens is 2. The van der Waals surface area contributed by atoms with Gasteiger partial charge in [-0.3, -0.25) is 0 Å². The Labute approximate surface area is 126 Å². The molecule has 1 aromatic heterocycles. The second-order valence-corrected chi connectivity index (χ2v) is 6.30. The molecule has 0 radical (unpaired) electrons. The number of benzene rings is 1. The largest absolute Gasteiger partial charge is 0.350 e. The summed E-state index contributed by atoms with van der Waals surface area (Å²) in [6.45, 7) is 7.68. The van der Waals surface area contributed by atoms with Crippen molar-refractivity contribution >= 4 is 16.6 Å². The first-order valence-corrected chi connectivity index (χ1v) is 7.93. The molecule has 4 heteroatoms. The van der Waals surface area contributed by atoms with Crippen LogP contribution in [0.15, 0.2) is 30.5 Å². The van der Waals surface area contributed by atoms with E-state index in [1.54, 1.807) is 0 Å². The Morgan fingerprint density at radius 1 is 1.33 bits per heavy atom. The molecule has 21 heavy (non-hydrogen) atoms. The molecular weight excluding hydrogens is 260 g/mol. The fraction of sp³-hybridized carbons (Fsp3) is 0.529. The third kappa shape index (κ3) is 3.16. The molecule has 0 spiro atoms. The Bertz CT molecular complexity index is 591. The normalized spacial score (nSPS) is 18.8. The van der Waals surface area contributed by atoms with E-state index in [0.29, 0.717) is 12.0 Å². The van der Waals surface area contributed by atoms with Crippen LogP contribution in [0.25, 0.3) is 10.8 Å². The molecule has 1 aliphatic rings. The van der Waals surface area contributed by atoms with Crippen LogP contribution in [0.5, 0.6) is 0 Å². The standard InChI is InChI=1S/C17H24N4/c1-13(2)10-18-12-15-7-5-9-21(15)17-16-8-4-3-6-14(16)11-19-20-17/h3-4,6,8,11,13,15,18H,5,7,9-10,12H2,1-2H3. The zero-order chi connectivity index (χ0) is 14.7. The number of rotatable bonds is 5. The lowest BCUT2D eigenvalue weighted by atomic mass is 10.1. The maximum atomic E-state index is 4.43. The van der Waals surface area contributed by atoms with E-state index in [-0.39, 0.29) is 0 Å². The number of nitrogens with one attached hydrogen (secondary N) is 1. The topological polar surface area (TPSA) is 41.0 Å². The molecule has 2 heterocycles. The Morgan fingerprint density at radius 2 is 2.19 bits per heavy atom. The van der Waals surface area contributed by atoms with E-state index in [4.69, 9.17) is 0 Å².